The Bertz CT molecular complexity index is 521. The van der Waals surface area contributed by atoms with Crippen LogP contribution in [0.5, 0.6) is 6.01 Å². The monoisotopic (exact) mass is 270 g/mol. The second-order valence-corrected chi connectivity index (χ2v) is 3.53. The molecule has 0 aliphatic carbocycles. The van der Waals surface area contributed by atoms with Crippen LogP contribution in [0.3, 0.4) is 0 Å². The fourth-order valence-corrected chi connectivity index (χ4v) is 1.25. The molecule has 19 heavy (non-hydrogen) atoms. The Balaban J connectivity index is 2.38. The van der Waals surface area contributed by atoms with Crippen molar-refractivity contribution >= 4 is 17.9 Å². The molecule has 1 aliphatic heterocycles. The van der Waals surface area contributed by atoms with E-state index in [1.165, 1.54) is 7.05 Å². The molecule has 1 aliphatic rings. The van der Waals surface area contributed by atoms with Gasteiger partial charge in [-0.15, -0.1) is 0 Å². The number of aliphatic hydroxyl groups excluding tert-OH is 2. The van der Waals surface area contributed by atoms with Gasteiger partial charge >= 0.3 is 17.9 Å². The Morgan fingerprint density at radius 2 is 1.84 bits per heavy atom. The predicted octanol–water partition coefficient (Wildman–Crippen LogP) is -2.40. The van der Waals surface area contributed by atoms with Crippen LogP contribution in [-0.4, -0.2) is 56.4 Å². The molecule has 1 aromatic heterocycles. The van der Waals surface area contributed by atoms with Crippen LogP contribution in [0.25, 0.3) is 0 Å². The van der Waals surface area contributed by atoms with Crippen molar-refractivity contribution in [1.29, 1.82) is 0 Å². The molecule has 0 spiro atoms. The van der Waals surface area contributed by atoms with Crippen LogP contribution in [0.2, 0.25) is 0 Å². The van der Waals surface area contributed by atoms with E-state index in [9.17, 15) is 19.8 Å². The van der Waals surface area contributed by atoms with Gasteiger partial charge in [-0.05, 0) is 0 Å². The van der Waals surface area contributed by atoms with E-state index in [-0.39, 0.29) is 24.4 Å². The lowest BCUT2D eigenvalue weighted by atomic mass is 10.2. The number of hydrogen-bond acceptors (Lipinski definition) is 10. The number of hydrogen-bond donors (Lipinski definition) is 3. The number of esters is 2. The van der Waals surface area contributed by atoms with Gasteiger partial charge in [0.25, 0.3) is 0 Å². The molecular weight excluding hydrogens is 260 g/mol. The van der Waals surface area contributed by atoms with Crippen LogP contribution in [0, 0.1) is 0 Å². The third-order valence-electron chi connectivity index (χ3n) is 2.20. The van der Waals surface area contributed by atoms with Crippen LogP contribution in [0.1, 0.15) is 5.82 Å². The van der Waals surface area contributed by atoms with Crippen molar-refractivity contribution in [2.45, 2.75) is 18.8 Å². The lowest BCUT2D eigenvalue weighted by Crippen LogP contribution is -2.43. The maximum atomic E-state index is 11.4. The third kappa shape index (κ3) is 2.74. The SMILES string of the molecule is CNc1nc2nc(n1)OC(=O)C(O)C(O)C(=O)OC2. The summed E-state index contributed by atoms with van der Waals surface area (Å²) in [7, 11) is 1.53. The van der Waals surface area contributed by atoms with E-state index in [1.54, 1.807) is 0 Å². The van der Waals surface area contributed by atoms with Crippen LogP contribution in [0.15, 0.2) is 0 Å². The largest absolute Gasteiger partial charge is 0.455 e. The molecule has 1 aromatic rings. The summed E-state index contributed by atoms with van der Waals surface area (Å²) in [6.45, 7) is -0.357. The van der Waals surface area contributed by atoms with Crippen LogP contribution in [0.4, 0.5) is 5.95 Å². The Labute approximate surface area is 106 Å². The van der Waals surface area contributed by atoms with Crippen LogP contribution < -0.4 is 10.1 Å². The number of rotatable bonds is 1. The third-order valence-corrected chi connectivity index (χ3v) is 2.20. The summed E-state index contributed by atoms with van der Waals surface area (Å²) in [6.07, 6.45) is -4.12. The number of ether oxygens (including phenoxy) is 2. The van der Waals surface area contributed by atoms with Crippen LogP contribution in [-0.2, 0) is 20.9 Å². The van der Waals surface area contributed by atoms with Gasteiger partial charge in [0.2, 0.25) is 5.95 Å². The summed E-state index contributed by atoms with van der Waals surface area (Å²) < 4.78 is 9.30. The van der Waals surface area contributed by atoms with Crippen molar-refractivity contribution in [1.82, 2.24) is 15.0 Å². The first-order valence-electron chi connectivity index (χ1n) is 5.18. The van der Waals surface area contributed by atoms with Crippen molar-refractivity contribution < 1.29 is 29.3 Å². The lowest BCUT2D eigenvalue weighted by molar-refractivity contribution is -0.170. The highest BCUT2D eigenvalue weighted by atomic mass is 16.6. The second-order valence-electron chi connectivity index (χ2n) is 3.53. The fraction of sp³-hybridized carbons (Fsp3) is 0.444. The molecule has 2 rings (SSSR count). The Kier molecular flexibility index (Phi) is 3.53. The minimum Gasteiger partial charge on any atom is -0.455 e. The molecule has 10 nitrogen and oxygen atoms in total. The zero-order chi connectivity index (χ0) is 14.0. The summed E-state index contributed by atoms with van der Waals surface area (Å²) in [5.41, 5.74) is 0. The average molecular weight is 270 g/mol. The molecule has 0 saturated carbocycles. The molecule has 2 unspecified atom stereocenters. The van der Waals surface area contributed by atoms with E-state index in [4.69, 9.17) is 0 Å². The first kappa shape index (κ1) is 13.1. The van der Waals surface area contributed by atoms with E-state index in [0.29, 0.717) is 0 Å². The van der Waals surface area contributed by atoms with Gasteiger partial charge in [0.15, 0.2) is 24.6 Å². The van der Waals surface area contributed by atoms with E-state index in [0.717, 1.165) is 0 Å². The molecule has 0 fully saturated rings. The number of carbonyl (C=O) groups is 2. The van der Waals surface area contributed by atoms with Gasteiger partial charge in [0, 0.05) is 7.05 Å². The first-order chi connectivity index (χ1) is 9.01. The highest BCUT2D eigenvalue weighted by Gasteiger charge is 2.34. The van der Waals surface area contributed by atoms with Gasteiger partial charge in [-0.25, -0.2) is 9.59 Å². The van der Waals surface area contributed by atoms with Gasteiger partial charge in [0.1, 0.15) is 0 Å². The van der Waals surface area contributed by atoms with E-state index in [1.807, 2.05) is 0 Å². The second kappa shape index (κ2) is 5.12. The molecule has 0 saturated heterocycles. The zero-order valence-electron chi connectivity index (χ0n) is 9.73. The van der Waals surface area contributed by atoms with Crippen molar-refractivity contribution in [2.75, 3.05) is 12.4 Å². The summed E-state index contributed by atoms with van der Waals surface area (Å²) in [5, 5.41) is 21.3. The number of fused-ring (bicyclic) bond motifs is 2. The van der Waals surface area contributed by atoms with Crippen molar-refractivity contribution in [3.63, 3.8) is 0 Å². The summed E-state index contributed by atoms with van der Waals surface area (Å²) >= 11 is 0. The topological polar surface area (TPSA) is 144 Å². The van der Waals surface area contributed by atoms with Gasteiger partial charge in [-0.2, -0.15) is 15.0 Å². The molecule has 0 amide bonds. The molecule has 2 heterocycles. The summed E-state index contributed by atoms with van der Waals surface area (Å²) in [4.78, 5) is 34.0. The molecule has 2 bridgehead atoms. The highest BCUT2D eigenvalue weighted by molar-refractivity contribution is 5.86. The maximum Gasteiger partial charge on any atom is 0.346 e. The highest BCUT2D eigenvalue weighted by Crippen LogP contribution is 2.12. The molecular formula is C9H10N4O6. The number of cyclic esters (lactones) is 1. The Hall–Kier alpha value is -2.33. The van der Waals surface area contributed by atoms with E-state index >= 15 is 0 Å². The number of carbonyl (C=O) groups excluding carboxylic acids is 2. The molecule has 10 heteroatoms. The normalized spacial score (nSPS) is 23.3. The van der Waals surface area contributed by atoms with Gasteiger partial charge in [0.05, 0.1) is 0 Å². The minimum atomic E-state index is -2.08. The molecule has 102 valence electrons. The summed E-state index contributed by atoms with van der Waals surface area (Å²) in [6, 6.07) is -0.372. The quantitative estimate of drug-likeness (QED) is 0.472. The van der Waals surface area contributed by atoms with Gasteiger partial charge in [-0.1, -0.05) is 0 Å². The molecule has 0 aromatic carbocycles. The van der Waals surface area contributed by atoms with Gasteiger partial charge < -0.3 is 25.0 Å². The number of aliphatic hydroxyl groups is 2. The lowest BCUT2D eigenvalue weighted by Gasteiger charge is -2.17. The maximum absolute atomic E-state index is 11.4. The molecule has 2 atom stereocenters. The fourth-order valence-electron chi connectivity index (χ4n) is 1.25. The van der Waals surface area contributed by atoms with E-state index < -0.39 is 24.1 Å². The Morgan fingerprint density at radius 1 is 1.16 bits per heavy atom. The first-order valence-corrected chi connectivity index (χ1v) is 5.18. The van der Waals surface area contributed by atoms with Crippen molar-refractivity contribution in [3.05, 3.63) is 5.82 Å². The minimum absolute atomic E-state index is 0.0269. The number of nitrogens with one attached hydrogen (secondary N) is 1. The summed E-state index contributed by atoms with van der Waals surface area (Å²) in [5.74, 6) is -2.33. The van der Waals surface area contributed by atoms with Crippen molar-refractivity contribution in [3.8, 4) is 6.01 Å². The zero-order valence-corrected chi connectivity index (χ0v) is 9.73. The van der Waals surface area contributed by atoms with Crippen LogP contribution >= 0.6 is 0 Å². The number of aromatic nitrogens is 3. The average Bonchev–Trinajstić information content (AvgIpc) is 2.41. The van der Waals surface area contributed by atoms with Crippen molar-refractivity contribution in [2.24, 2.45) is 0 Å². The molecule has 3 N–H and O–H groups in total. The predicted molar refractivity (Wildman–Crippen MR) is 56.8 cm³/mol. The smallest absolute Gasteiger partial charge is 0.346 e. The number of anilines is 1. The standard InChI is InChI=1S/C9H10N4O6/c1-10-8-11-3-2-18-6(16)4(14)5(15)7(17)19-9(12-3)13-8/h4-5,14-15H,2H2,1H3,(H,10,11,12,13). The Morgan fingerprint density at radius 3 is 2.53 bits per heavy atom. The van der Waals surface area contributed by atoms with Gasteiger partial charge in [-0.3, -0.25) is 0 Å². The number of nitrogens with zero attached hydrogens (tertiary/aromatic N) is 3. The van der Waals surface area contributed by atoms with E-state index in [2.05, 4.69) is 29.7 Å². The molecule has 0 radical (unpaired) electrons.